The van der Waals surface area contributed by atoms with Crippen LogP contribution >= 0.6 is 34.7 Å². The summed E-state index contributed by atoms with van der Waals surface area (Å²) in [5.74, 6) is -0.799. The lowest BCUT2D eigenvalue weighted by atomic mass is 10.2. The number of carboxylic acid groups (broad SMARTS) is 1. The van der Waals surface area contributed by atoms with Gasteiger partial charge < -0.3 is 10.4 Å². The van der Waals surface area contributed by atoms with Crippen LogP contribution in [0.3, 0.4) is 0 Å². The number of nitrogens with one attached hydrogen (secondary N) is 1. The topological polar surface area (TPSA) is 79.3 Å². The molecule has 1 heterocycles. The van der Waals surface area contributed by atoms with Gasteiger partial charge in [0.2, 0.25) is 0 Å². The van der Waals surface area contributed by atoms with Gasteiger partial charge in [-0.2, -0.15) is 11.8 Å². The third-order valence-electron chi connectivity index (χ3n) is 3.32. The molecule has 24 heavy (non-hydrogen) atoms. The minimum absolute atomic E-state index is 0.372. The van der Waals surface area contributed by atoms with Crippen molar-refractivity contribution in [1.82, 2.24) is 10.3 Å². The van der Waals surface area contributed by atoms with Crippen LogP contribution in [-0.4, -0.2) is 40.0 Å². The van der Waals surface area contributed by atoms with E-state index in [0.29, 0.717) is 32.8 Å². The van der Waals surface area contributed by atoms with Crippen LogP contribution in [0.4, 0.5) is 0 Å². The molecule has 1 aromatic carbocycles. The minimum Gasteiger partial charge on any atom is -0.480 e. The van der Waals surface area contributed by atoms with Crippen molar-refractivity contribution in [3.63, 3.8) is 0 Å². The molecule has 0 aliphatic heterocycles. The highest BCUT2D eigenvalue weighted by atomic mass is 35.5. The number of nitrogens with zero attached hydrogens (tertiary/aromatic N) is 1. The van der Waals surface area contributed by atoms with Crippen molar-refractivity contribution in [1.29, 1.82) is 0 Å². The van der Waals surface area contributed by atoms with Crippen LogP contribution in [0.25, 0.3) is 10.6 Å². The predicted molar refractivity (Wildman–Crippen MR) is 99.2 cm³/mol. The minimum atomic E-state index is -1.04. The van der Waals surface area contributed by atoms with Crippen molar-refractivity contribution in [2.75, 3.05) is 12.0 Å². The summed E-state index contributed by atoms with van der Waals surface area (Å²) in [6.45, 7) is 1.73. The molecule has 0 bridgehead atoms. The molecular weight excluding hydrogens is 368 g/mol. The van der Waals surface area contributed by atoms with Gasteiger partial charge in [-0.1, -0.05) is 29.8 Å². The Bertz CT molecular complexity index is 749. The molecule has 0 spiro atoms. The summed E-state index contributed by atoms with van der Waals surface area (Å²) >= 11 is 8.91. The number of amides is 1. The van der Waals surface area contributed by atoms with Crippen molar-refractivity contribution in [3.05, 3.63) is 39.9 Å². The van der Waals surface area contributed by atoms with Gasteiger partial charge in [0.05, 0.1) is 10.7 Å². The van der Waals surface area contributed by atoms with Crippen LogP contribution in [0.5, 0.6) is 0 Å². The summed E-state index contributed by atoms with van der Waals surface area (Å²) in [4.78, 5) is 28.5. The number of aryl methyl sites for hydroxylation is 1. The highest BCUT2D eigenvalue weighted by molar-refractivity contribution is 7.98. The molecule has 0 unspecified atom stereocenters. The predicted octanol–water partition coefficient (Wildman–Crippen LogP) is 3.71. The molecule has 0 aliphatic carbocycles. The lowest BCUT2D eigenvalue weighted by Gasteiger charge is -2.13. The molecule has 8 heteroatoms. The number of benzene rings is 1. The molecule has 0 radical (unpaired) electrons. The highest BCUT2D eigenvalue weighted by Crippen LogP contribution is 2.32. The number of halogens is 1. The fraction of sp³-hybridized carbons (Fsp3) is 0.312. The number of thioether (sulfide) groups is 1. The van der Waals surface area contributed by atoms with E-state index < -0.39 is 17.9 Å². The van der Waals surface area contributed by atoms with E-state index in [1.807, 2.05) is 24.5 Å². The molecule has 0 aliphatic rings. The summed E-state index contributed by atoms with van der Waals surface area (Å²) < 4.78 is 0. The van der Waals surface area contributed by atoms with Crippen molar-refractivity contribution < 1.29 is 14.7 Å². The zero-order valence-electron chi connectivity index (χ0n) is 13.2. The molecule has 0 fully saturated rings. The van der Waals surface area contributed by atoms with E-state index >= 15 is 0 Å². The van der Waals surface area contributed by atoms with E-state index in [9.17, 15) is 14.7 Å². The maximum absolute atomic E-state index is 12.4. The van der Waals surface area contributed by atoms with Crippen LogP contribution in [0.15, 0.2) is 24.3 Å². The lowest BCUT2D eigenvalue weighted by Crippen LogP contribution is -2.41. The molecule has 1 atom stereocenters. The summed E-state index contributed by atoms with van der Waals surface area (Å²) in [5.41, 5.74) is 1.31. The first-order valence-electron chi connectivity index (χ1n) is 7.19. The summed E-state index contributed by atoms with van der Waals surface area (Å²) in [6.07, 6.45) is 2.27. The molecule has 2 rings (SSSR count). The van der Waals surface area contributed by atoms with E-state index in [1.165, 1.54) is 23.1 Å². The fourth-order valence-corrected chi connectivity index (χ4v) is 3.84. The average molecular weight is 385 g/mol. The van der Waals surface area contributed by atoms with Gasteiger partial charge in [0.1, 0.15) is 15.9 Å². The van der Waals surface area contributed by atoms with Crippen LogP contribution in [-0.2, 0) is 4.79 Å². The van der Waals surface area contributed by atoms with Gasteiger partial charge in [0, 0.05) is 5.56 Å². The van der Waals surface area contributed by atoms with Gasteiger partial charge in [-0.3, -0.25) is 4.79 Å². The maximum Gasteiger partial charge on any atom is 0.326 e. The van der Waals surface area contributed by atoms with Crippen LogP contribution in [0.2, 0.25) is 5.02 Å². The molecule has 5 nitrogen and oxygen atoms in total. The number of carboxylic acids is 1. The van der Waals surface area contributed by atoms with Crippen LogP contribution in [0, 0.1) is 6.92 Å². The number of carbonyl (C=O) groups is 2. The third kappa shape index (κ3) is 4.49. The molecule has 1 aromatic heterocycles. The Kier molecular flexibility index (Phi) is 6.65. The summed E-state index contributed by atoms with van der Waals surface area (Å²) in [5, 5.41) is 13.0. The summed E-state index contributed by atoms with van der Waals surface area (Å²) in [7, 11) is 0. The highest BCUT2D eigenvalue weighted by Gasteiger charge is 2.23. The van der Waals surface area contributed by atoms with Crippen LogP contribution < -0.4 is 5.32 Å². The Balaban J connectivity index is 2.21. The molecule has 2 aromatic rings. The van der Waals surface area contributed by atoms with Crippen molar-refractivity contribution in [3.8, 4) is 10.6 Å². The van der Waals surface area contributed by atoms with Crippen LogP contribution in [0.1, 0.15) is 21.8 Å². The summed E-state index contributed by atoms with van der Waals surface area (Å²) in [6, 6.07) is 6.36. The second kappa shape index (κ2) is 8.50. The lowest BCUT2D eigenvalue weighted by molar-refractivity contribution is -0.139. The first-order valence-corrected chi connectivity index (χ1v) is 9.77. The Labute approximate surface area is 153 Å². The SMILES string of the molecule is CSCC[C@H](NC(=O)c1sc(-c2ccccc2Cl)nc1C)C(=O)O. The molecular formula is C16H17ClN2O3S2. The van der Waals surface area contributed by atoms with E-state index in [1.54, 1.807) is 13.0 Å². The van der Waals surface area contributed by atoms with Gasteiger partial charge in [0.25, 0.3) is 5.91 Å². The van der Waals surface area contributed by atoms with Crippen molar-refractivity contribution >= 4 is 46.6 Å². The Morgan fingerprint density at radius 2 is 2.12 bits per heavy atom. The average Bonchev–Trinajstić information content (AvgIpc) is 2.93. The monoisotopic (exact) mass is 384 g/mol. The van der Waals surface area contributed by atoms with Gasteiger partial charge in [-0.05, 0) is 31.4 Å². The number of aromatic nitrogens is 1. The van der Waals surface area contributed by atoms with E-state index in [2.05, 4.69) is 10.3 Å². The zero-order chi connectivity index (χ0) is 17.7. The number of hydrogen-bond acceptors (Lipinski definition) is 5. The third-order valence-corrected chi connectivity index (χ3v) is 5.48. The van der Waals surface area contributed by atoms with E-state index in [4.69, 9.17) is 11.6 Å². The number of rotatable bonds is 7. The first-order chi connectivity index (χ1) is 11.4. The van der Waals surface area contributed by atoms with Gasteiger partial charge in [0.15, 0.2) is 0 Å². The van der Waals surface area contributed by atoms with Crippen molar-refractivity contribution in [2.45, 2.75) is 19.4 Å². The number of thiazole rings is 1. The molecule has 0 saturated carbocycles. The van der Waals surface area contributed by atoms with Gasteiger partial charge >= 0.3 is 5.97 Å². The second-order valence-corrected chi connectivity index (χ2v) is 7.45. The smallest absolute Gasteiger partial charge is 0.326 e. The molecule has 1 amide bonds. The zero-order valence-corrected chi connectivity index (χ0v) is 15.6. The Morgan fingerprint density at radius 1 is 1.42 bits per heavy atom. The van der Waals surface area contributed by atoms with Crippen molar-refractivity contribution in [2.24, 2.45) is 0 Å². The number of hydrogen-bond donors (Lipinski definition) is 2. The van der Waals surface area contributed by atoms with E-state index in [0.717, 1.165) is 5.56 Å². The molecule has 0 saturated heterocycles. The van der Waals surface area contributed by atoms with E-state index in [-0.39, 0.29) is 0 Å². The largest absolute Gasteiger partial charge is 0.480 e. The first kappa shape index (κ1) is 18.8. The normalized spacial score (nSPS) is 12.0. The fourth-order valence-electron chi connectivity index (χ4n) is 2.07. The van der Waals surface area contributed by atoms with Gasteiger partial charge in [-0.15, -0.1) is 11.3 Å². The standard InChI is InChI=1S/C16H17ClN2O3S2/c1-9-13(14(20)19-12(16(21)22)7-8-23-2)24-15(18-9)10-5-3-4-6-11(10)17/h3-6,12H,7-8H2,1-2H3,(H,19,20)(H,21,22)/t12-/m0/s1. The Hall–Kier alpha value is -1.57. The number of carbonyl (C=O) groups excluding carboxylic acids is 1. The molecule has 128 valence electrons. The van der Waals surface area contributed by atoms with Gasteiger partial charge in [-0.25, -0.2) is 9.78 Å². The second-order valence-electron chi connectivity index (χ2n) is 5.06. The quantitative estimate of drug-likeness (QED) is 0.760. The molecule has 2 N–H and O–H groups in total. The number of aliphatic carboxylic acids is 1. The maximum atomic E-state index is 12.4. The Morgan fingerprint density at radius 3 is 2.75 bits per heavy atom.